The quantitative estimate of drug-likeness (QED) is 0.137. The number of likely N-dealkylation sites (tertiary alicyclic amines) is 2. The fraction of sp³-hybridized carbons (Fsp3) is 0.500. The number of nitrogens with one attached hydrogen (secondary N) is 3. The summed E-state index contributed by atoms with van der Waals surface area (Å²) in [6, 6.07) is 10.7. The number of benzene rings is 2. The number of amides is 4. The molecule has 2 saturated heterocycles. The predicted octanol–water partition coefficient (Wildman–Crippen LogP) is 7.05. The van der Waals surface area contributed by atoms with Gasteiger partial charge in [0.25, 0.3) is 0 Å². The number of methoxy groups -OCH3 is 2. The highest BCUT2D eigenvalue weighted by Gasteiger charge is 2.40. The van der Waals surface area contributed by atoms with Gasteiger partial charge in [0.15, 0.2) is 0 Å². The molecule has 6 atom stereocenters. The zero-order chi connectivity index (χ0) is 41.1. The number of carbonyl (C=O) groups excluding carboxylic acids is 4. The molecule has 0 aliphatic carbocycles. The first-order valence-corrected chi connectivity index (χ1v) is 20.6. The number of H-pyrrole nitrogens is 1. The van der Waals surface area contributed by atoms with E-state index in [0.29, 0.717) is 25.9 Å². The molecule has 0 saturated carbocycles. The van der Waals surface area contributed by atoms with Crippen molar-refractivity contribution in [1.29, 1.82) is 0 Å². The van der Waals surface area contributed by atoms with Crippen molar-refractivity contribution in [2.75, 3.05) is 27.3 Å². The summed E-state index contributed by atoms with van der Waals surface area (Å²) in [6.07, 6.45) is 8.67. The number of carbonyl (C=O) groups is 4. The number of aliphatic imine (C=N–C) groups is 1. The lowest BCUT2D eigenvalue weighted by Gasteiger charge is -2.32. The fourth-order valence-electron chi connectivity index (χ4n) is 8.59. The minimum atomic E-state index is -0.681. The molecule has 4 aliphatic rings. The SMILES string of the molecule is CC[C@H](C)[C@H](NC(=O)OC)C(=O)N1CCC[C@H]1C1=CN=C(c2ccc3c(c2)Oc2ccc(-c4cnc([C@@H]5CCCN5C(=O)[C@@H](NC(=O)OC)[C@@H](C)CC)[nH]4)cc2C3)C1. The molecule has 2 aromatic carbocycles. The average molecular weight is 794 g/mol. The van der Waals surface area contributed by atoms with Crippen LogP contribution in [0.2, 0.25) is 0 Å². The van der Waals surface area contributed by atoms with Crippen LogP contribution < -0.4 is 15.4 Å². The molecule has 58 heavy (non-hydrogen) atoms. The summed E-state index contributed by atoms with van der Waals surface area (Å²) in [5.74, 6) is 2.00. The summed E-state index contributed by atoms with van der Waals surface area (Å²) < 4.78 is 16.1. The number of nitrogens with zero attached hydrogens (tertiary/aromatic N) is 4. The smallest absolute Gasteiger partial charge is 0.407 e. The van der Waals surface area contributed by atoms with Gasteiger partial charge in [0.2, 0.25) is 11.8 Å². The fourth-order valence-corrected chi connectivity index (χ4v) is 8.59. The summed E-state index contributed by atoms with van der Waals surface area (Å²) in [7, 11) is 2.61. The number of rotatable bonds is 12. The Hall–Kier alpha value is -5.66. The van der Waals surface area contributed by atoms with E-state index in [9.17, 15) is 19.2 Å². The largest absolute Gasteiger partial charge is 0.457 e. The number of fused-ring (bicyclic) bond motifs is 2. The maximum atomic E-state index is 13.8. The van der Waals surface area contributed by atoms with Crippen LogP contribution in [0.1, 0.15) is 101 Å². The molecule has 2 fully saturated rings. The average Bonchev–Trinajstić information content (AvgIpc) is 4.09. The van der Waals surface area contributed by atoms with E-state index in [0.717, 1.165) is 95.1 Å². The second kappa shape index (κ2) is 17.5. The van der Waals surface area contributed by atoms with E-state index in [1.165, 1.54) is 14.2 Å². The van der Waals surface area contributed by atoms with Crippen molar-refractivity contribution in [1.82, 2.24) is 30.4 Å². The minimum Gasteiger partial charge on any atom is -0.457 e. The lowest BCUT2D eigenvalue weighted by molar-refractivity contribution is -0.136. The van der Waals surface area contributed by atoms with Gasteiger partial charge >= 0.3 is 12.2 Å². The molecule has 4 aliphatic heterocycles. The Balaban J connectivity index is 1.00. The topological polar surface area (TPSA) is 168 Å². The molecular weight excluding hydrogens is 739 g/mol. The number of ether oxygens (including phenoxy) is 3. The van der Waals surface area contributed by atoms with Crippen LogP contribution in [-0.4, -0.2) is 94.9 Å². The number of aromatic nitrogens is 2. The van der Waals surface area contributed by atoms with Crippen molar-refractivity contribution in [3.63, 3.8) is 0 Å². The Bertz CT molecular complexity index is 2110. The highest BCUT2D eigenvalue weighted by molar-refractivity contribution is 6.04. The number of hydrogen-bond donors (Lipinski definition) is 3. The first-order valence-electron chi connectivity index (χ1n) is 20.6. The first kappa shape index (κ1) is 40.5. The lowest BCUT2D eigenvalue weighted by Crippen LogP contribution is -2.53. The summed E-state index contributed by atoms with van der Waals surface area (Å²) in [6.45, 7) is 9.17. The second-order valence-corrected chi connectivity index (χ2v) is 15.9. The van der Waals surface area contributed by atoms with Crippen LogP contribution in [0.5, 0.6) is 11.5 Å². The van der Waals surface area contributed by atoms with E-state index in [1.807, 2.05) is 62.0 Å². The van der Waals surface area contributed by atoms with Crippen LogP contribution in [0.15, 0.2) is 59.4 Å². The highest BCUT2D eigenvalue weighted by Crippen LogP contribution is 2.40. The summed E-state index contributed by atoms with van der Waals surface area (Å²) in [5, 5.41) is 5.53. The molecule has 0 unspecified atom stereocenters. The second-order valence-electron chi connectivity index (χ2n) is 15.9. The van der Waals surface area contributed by atoms with E-state index < -0.39 is 24.3 Å². The maximum Gasteiger partial charge on any atom is 0.407 e. The molecule has 0 spiro atoms. The van der Waals surface area contributed by atoms with E-state index in [1.54, 1.807) is 0 Å². The van der Waals surface area contributed by atoms with Crippen molar-refractivity contribution < 1.29 is 33.4 Å². The van der Waals surface area contributed by atoms with Crippen LogP contribution in [0, 0.1) is 11.8 Å². The van der Waals surface area contributed by atoms with Gasteiger partial charge in [0.05, 0.1) is 43.9 Å². The molecule has 3 N–H and O–H groups in total. The van der Waals surface area contributed by atoms with Crippen molar-refractivity contribution in [2.45, 2.75) is 103 Å². The van der Waals surface area contributed by atoms with Gasteiger partial charge < -0.3 is 39.6 Å². The summed E-state index contributed by atoms with van der Waals surface area (Å²) in [5.41, 5.74) is 6.96. The third kappa shape index (κ3) is 8.19. The van der Waals surface area contributed by atoms with Gasteiger partial charge in [-0.25, -0.2) is 14.6 Å². The molecule has 1 aromatic heterocycles. The van der Waals surface area contributed by atoms with E-state index in [-0.39, 0.29) is 35.7 Å². The van der Waals surface area contributed by atoms with E-state index in [2.05, 4.69) is 39.9 Å². The Morgan fingerprint density at radius 2 is 1.43 bits per heavy atom. The van der Waals surface area contributed by atoms with Crippen LogP contribution in [0.3, 0.4) is 0 Å². The van der Waals surface area contributed by atoms with Crippen molar-refractivity contribution in [2.24, 2.45) is 16.8 Å². The number of hydrogen-bond acceptors (Lipinski definition) is 9. The molecule has 4 amide bonds. The van der Waals surface area contributed by atoms with Gasteiger partial charge in [-0.1, -0.05) is 52.7 Å². The van der Waals surface area contributed by atoms with E-state index in [4.69, 9.17) is 24.2 Å². The lowest BCUT2D eigenvalue weighted by atomic mass is 9.93. The molecular formula is C44H55N7O7. The number of imidazole rings is 1. The third-order valence-corrected chi connectivity index (χ3v) is 12.4. The first-order chi connectivity index (χ1) is 28.0. The van der Waals surface area contributed by atoms with Crippen LogP contribution in [-0.2, 0) is 25.5 Å². The molecule has 5 heterocycles. The maximum absolute atomic E-state index is 13.8. The zero-order valence-corrected chi connectivity index (χ0v) is 34.3. The Kier molecular flexibility index (Phi) is 12.2. The third-order valence-electron chi connectivity index (χ3n) is 12.4. The van der Waals surface area contributed by atoms with Crippen LogP contribution in [0.4, 0.5) is 9.59 Å². The molecule has 308 valence electrons. The van der Waals surface area contributed by atoms with Crippen molar-refractivity contribution in [3.8, 4) is 22.8 Å². The summed E-state index contributed by atoms with van der Waals surface area (Å²) >= 11 is 0. The monoisotopic (exact) mass is 793 g/mol. The molecule has 14 heteroatoms. The Morgan fingerprint density at radius 3 is 2.07 bits per heavy atom. The van der Waals surface area contributed by atoms with Gasteiger partial charge in [0, 0.05) is 37.7 Å². The van der Waals surface area contributed by atoms with Gasteiger partial charge in [-0.15, -0.1) is 0 Å². The molecule has 0 radical (unpaired) electrons. The Labute approximate surface area is 339 Å². The molecule has 7 rings (SSSR count). The van der Waals surface area contributed by atoms with Gasteiger partial charge in [0.1, 0.15) is 29.4 Å². The van der Waals surface area contributed by atoms with Crippen LogP contribution in [0.25, 0.3) is 11.3 Å². The van der Waals surface area contributed by atoms with E-state index >= 15 is 0 Å². The van der Waals surface area contributed by atoms with Crippen molar-refractivity contribution >= 4 is 29.7 Å². The normalized spacial score (nSPS) is 20.4. The predicted molar refractivity (Wildman–Crippen MR) is 219 cm³/mol. The van der Waals surface area contributed by atoms with Crippen LogP contribution >= 0.6 is 0 Å². The van der Waals surface area contributed by atoms with Gasteiger partial charge in [-0.05, 0) is 84.0 Å². The molecule has 0 bridgehead atoms. The number of aromatic amines is 1. The molecule has 14 nitrogen and oxygen atoms in total. The highest BCUT2D eigenvalue weighted by atomic mass is 16.5. The zero-order valence-electron chi connectivity index (χ0n) is 34.3. The van der Waals surface area contributed by atoms with Gasteiger partial charge in [-0.3, -0.25) is 14.6 Å². The number of alkyl carbamates (subject to hydrolysis) is 2. The van der Waals surface area contributed by atoms with Gasteiger partial charge in [-0.2, -0.15) is 0 Å². The summed E-state index contributed by atoms with van der Waals surface area (Å²) in [4.78, 5) is 68.5. The molecule has 3 aromatic rings. The standard InChI is InChI=1S/C44H55N7O7/c1-7-25(3)38(48-43(54)56-5)41(52)50-17-9-11-34(50)31-21-32(45-23-31)28-13-14-29-20-30-19-27(15-16-36(30)58-37(29)22-28)33-24-46-40(47-33)35-12-10-18-51(35)42(53)39(26(4)8-2)49-44(55)57-6/h13-16,19,22-26,34-35,38-39H,7-12,17-18,20-21H2,1-6H3,(H,46,47)(H,48,54)(H,49,55)/t25-,26-,34-,35-,38-,39-/m0/s1. The van der Waals surface area contributed by atoms with Crippen molar-refractivity contribution in [3.05, 3.63) is 76.9 Å². The Morgan fingerprint density at radius 1 is 0.810 bits per heavy atom. The minimum absolute atomic E-state index is 0.0398.